The molecule has 42 heavy (non-hydrogen) atoms. The van der Waals surface area contributed by atoms with Crippen LogP contribution in [0.1, 0.15) is 38.3 Å². The molecule has 0 fully saturated rings. The lowest BCUT2D eigenvalue weighted by molar-refractivity contribution is -0.139. The molecule has 3 aromatic carbocycles. The summed E-state index contributed by atoms with van der Waals surface area (Å²) in [5.41, 5.74) is 1.77. The number of ether oxygens (including phenoxy) is 2. The first-order valence-corrected chi connectivity index (χ1v) is 15.4. The SMILES string of the molecule is CC[C@H](C)NC(=O)[C@H](C)N(Cc1cccc(OC)c1)C(=O)CN(c1ccc(OC)c(Cl)c1)S(=O)(=O)c1ccc(C)cc1. The van der Waals surface area contributed by atoms with E-state index in [0.717, 1.165) is 9.87 Å². The van der Waals surface area contributed by atoms with E-state index in [1.54, 1.807) is 37.3 Å². The quantitative estimate of drug-likeness (QED) is 0.284. The average Bonchev–Trinajstić information content (AvgIpc) is 2.98. The Morgan fingerprint density at radius 2 is 1.67 bits per heavy atom. The summed E-state index contributed by atoms with van der Waals surface area (Å²) in [6, 6.07) is 17.0. The van der Waals surface area contributed by atoms with Gasteiger partial charge in [0.25, 0.3) is 10.0 Å². The fourth-order valence-corrected chi connectivity index (χ4v) is 5.85. The smallest absolute Gasteiger partial charge is 0.264 e. The molecule has 226 valence electrons. The van der Waals surface area contributed by atoms with Crippen molar-refractivity contribution in [3.8, 4) is 11.5 Å². The van der Waals surface area contributed by atoms with Crippen molar-refractivity contribution in [2.24, 2.45) is 0 Å². The molecule has 0 unspecified atom stereocenters. The zero-order valence-electron chi connectivity index (χ0n) is 24.8. The second kappa shape index (κ2) is 14.4. The second-order valence-electron chi connectivity index (χ2n) is 10.0. The summed E-state index contributed by atoms with van der Waals surface area (Å²) >= 11 is 6.37. The number of carbonyl (C=O) groups is 2. The monoisotopic (exact) mass is 615 g/mol. The number of methoxy groups -OCH3 is 2. The summed E-state index contributed by atoms with van der Waals surface area (Å²) < 4.78 is 39.5. The topological polar surface area (TPSA) is 105 Å². The summed E-state index contributed by atoms with van der Waals surface area (Å²) in [5, 5.41) is 3.10. The highest BCUT2D eigenvalue weighted by atomic mass is 35.5. The molecule has 0 aliphatic carbocycles. The van der Waals surface area contributed by atoms with E-state index in [0.29, 0.717) is 23.5 Å². The van der Waals surface area contributed by atoms with Crippen molar-refractivity contribution >= 4 is 39.1 Å². The Bertz CT molecular complexity index is 1500. The number of anilines is 1. The van der Waals surface area contributed by atoms with E-state index < -0.39 is 28.5 Å². The Morgan fingerprint density at radius 1 is 0.976 bits per heavy atom. The molecule has 0 saturated heterocycles. The highest BCUT2D eigenvalue weighted by molar-refractivity contribution is 7.92. The van der Waals surface area contributed by atoms with Crippen molar-refractivity contribution in [1.29, 1.82) is 0 Å². The van der Waals surface area contributed by atoms with E-state index in [4.69, 9.17) is 21.1 Å². The van der Waals surface area contributed by atoms with Gasteiger partial charge in [-0.1, -0.05) is 48.4 Å². The lowest BCUT2D eigenvalue weighted by Crippen LogP contribution is -2.52. The van der Waals surface area contributed by atoms with Crippen molar-refractivity contribution < 1.29 is 27.5 Å². The van der Waals surface area contributed by atoms with Gasteiger partial charge in [-0.2, -0.15) is 0 Å². The Kier molecular flexibility index (Phi) is 11.2. The fraction of sp³-hybridized carbons (Fsp3) is 0.355. The number of halogens is 1. The van der Waals surface area contributed by atoms with Gasteiger partial charge in [-0.15, -0.1) is 0 Å². The lowest BCUT2D eigenvalue weighted by Gasteiger charge is -2.32. The zero-order valence-corrected chi connectivity index (χ0v) is 26.3. The standard InChI is InChI=1S/C31H38ClN3O6S/c1-7-22(3)33-31(37)23(4)34(19-24-9-8-10-26(17-24)40-5)30(36)20-35(25-13-16-29(41-6)28(32)18-25)42(38,39)27-14-11-21(2)12-15-27/h8-18,22-23H,7,19-20H2,1-6H3,(H,33,37)/t22-,23-/m0/s1. The highest BCUT2D eigenvalue weighted by Gasteiger charge is 2.33. The average molecular weight is 616 g/mol. The van der Waals surface area contributed by atoms with Gasteiger partial charge in [-0.05, 0) is 75.2 Å². The first kappa shape index (κ1) is 32.8. The van der Waals surface area contributed by atoms with Gasteiger partial charge in [0, 0.05) is 12.6 Å². The maximum atomic E-state index is 14.1. The van der Waals surface area contributed by atoms with E-state index in [-0.39, 0.29) is 34.1 Å². The van der Waals surface area contributed by atoms with Crippen molar-refractivity contribution in [2.45, 2.75) is 57.6 Å². The Balaban J connectivity index is 2.07. The van der Waals surface area contributed by atoms with Crippen LogP contribution in [0.25, 0.3) is 0 Å². The maximum Gasteiger partial charge on any atom is 0.264 e. The van der Waals surface area contributed by atoms with E-state index in [1.165, 1.54) is 49.5 Å². The molecule has 0 radical (unpaired) electrons. The van der Waals surface area contributed by atoms with Crippen molar-refractivity contribution in [3.63, 3.8) is 0 Å². The predicted molar refractivity (Wildman–Crippen MR) is 165 cm³/mol. The molecule has 11 heteroatoms. The number of sulfonamides is 1. The number of aryl methyl sites for hydroxylation is 1. The number of rotatable bonds is 13. The number of hydrogen-bond donors (Lipinski definition) is 1. The molecule has 2 amide bonds. The van der Waals surface area contributed by atoms with Gasteiger partial charge in [0.15, 0.2) is 0 Å². The van der Waals surface area contributed by atoms with Crippen molar-refractivity contribution in [3.05, 3.63) is 82.9 Å². The van der Waals surface area contributed by atoms with Gasteiger partial charge in [0.05, 0.1) is 29.8 Å². The summed E-state index contributed by atoms with van der Waals surface area (Å²) in [6.07, 6.45) is 0.711. The van der Waals surface area contributed by atoms with E-state index >= 15 is 0 Å². The molecule has 1 N–H and O–H groups in total. The molecule has 3 aromatic rings. The number of carbonyl (C=O) groups excluding carboxylic acids is 2. The zero-order chi connectivity index (χ0) is 31.0. The molecule has 3 rings (SSSR count). The number of nitrogens with zero attached hydrogens (tertiary/aromatic N) is 2. The van der Waals surface area contributed by atoms with Gasteiger partial charge in [-0.25, -0.2) is 8.42 Å². The molecule has 0 bridgehead atoms. The molecule has 9 nitrogen and oxygen atoms in total. The summed E-state index contributed by atoms with van der Waals surface area (Å²) in [5.74, 6) is 0.0238. The Labute approximate surface area is 253 Å². The third-order valence-electron chi connectivity index (χ3n) is 6.97. The van der Waals surface area contributed by atoms with Gasteiger partial charge in [0.2, 0.25) is 11.8 Å². The van der Waals surface area contributed by atoms with Crippen molar-refractivity contribution in [1.82, 2.24) is 10.2 Å². The summed E-state index contributed by atoms with van der Waals surface area (Å²) in [4.78, 5) is 28.7. The summed E-state index contributed by atoms with van der Waals surface area (Å²) in [6.45, 7) is 6.77. The lowest BCUT2D eigenvalue weighted by atomic mass is 10.1. The van der Waals surface area contributed by atoms with Crippen LogP contribution in [-0.2, 0) is 26.2 Å². The largest absolute Gasteiger partial charge is 0.497 e. The van der Waals surface area contributed by atoms with Crippen LogP contribution in [-0.4, -0.2) is 58.0 Å². The molecule has 2 atom stereocenters. The second-order valence-corrected chi connectivity index (χ2v) is 12.3. The van der Waals surface area contributed by atoms with Crippen LogP contribution in [0.15, 0.2) is 71.6 Å². The molecule has 0 aliphatic heterocycles. The first-order valence-electron chi connectivity index (χ1n) is 13.6. The molecule has 0 aromatic heterocycles. The van der Waals surface area contributed by atoms with E-state index in [9.17, 15) is 18.0 Å². The van der Waals surface area contributed by atoms with Gasteiger partial charge < -0.3 is 19.7 Å². The fourth-order valence-electron chi connectivity index (χ4n) is 4.19. The minimum atomic E-state index is -4.22. The third kappa shape index (κ3) is 7.95. The molecular weight excluding hydrogens is 578 g/mol. The van der Waals surface area contributed by atoms with Crippen molar-refractivity contribution in [2.75, 3.05) is 25.1 Å². The number of benzene rings is 3. The Hall–Kier alpha value is -3.76. The van der Waals surface area contributed by atoms with E-state index in [2.05, 4.69) is 5.32 Å². The first-order chi connectivity index (χ1) is 19.9. The van der Waals surface area contributed by atoms with Crippen LogP contribution in [0.5, 0.6) is 11.5 Å². The minimum absolute atomic E-state index is 0.00903. The van der Waals surface area contributed by atoms with Crippen LogP contribution in [0.2, 0.25) is 5.02 Å². The normalized spacial score (nSPS) is 12.6. The molecule has 0 heterocycles. The Morgan fingerprint density at radius 3 is 2.26 bits per heavy atom. The third-order valence-corrected chi connectivity index (χ3v) is 9.05. The van der Waals surface area contributed by atoms with Crippen LogP contribution in [0.3, 0.4) is 0 Å². The molecule has 0 aliphatic rings. The number of hydrogen-bond acceptors (Lipinski definition) is 6. The molecule has 0 spiro atoms. The van der Waals surface area contributed by atoms with Gasteiger partial charge >= 0.3 is 0 Å². The van der Waals surface area contributed by atoms with E-state index in [1.807, 2.05) is 26.8 Å². The van der Waals surface area contributed by atoms with Crippen LogP contribution < -0.4 is 19.1 Å². The predicted octanol–water partition coefficient (Wildman–Crippen LogP) is 5.19. The van der Waals surface area contributed by atoms with Crippen LogP contribution >= 0.6 is 11.6 Å². The van der Waals surface area contributed by atoms with Gasteiger partial charge in [-0.3, -0.25) is 13.9 Å². The molecule has 0 saturated carbocycles. The van der Waals surface area contributed by atoms with Crippen LogP contribution in [0, 0.1) is 6.92 Å². The van der Waals surface area contributed by atoms with Gasteiger partial charge in [0.1, 0.15) is 24.1 Å². The molecular formula is C31H38ClN3O6S. The minimum Gasteiger partial charge on any atom is -0.497 e. The number of amides is 2. The highest BCUT2D eigenvalue weighted by Crippen LogP contribution is 2.32. The number of nitrogens with one attached hydrogen (secondary N) is 1. The van der Waals surface area contributed by atoms with Crippen LogP contribution in [0.4, 0.5) is 5.69 Å². The summed E-state index contributed by atoms with van der Waals surface area (Å²) in [7, 11) is -1.23. The maximum absolute atomic E-state index is 14.1.